The first-order valence-electron chi connectivity index (χ1n) is 12.9. The highest BCUT2D eigenvalue weighted by molar-refractivity contribution is 6.05. The lowest BCUT2D eigenvalue weighted by Gasteiger charge is -2.05. The molecule has 6 rings (SSSR count). The average Bonchev–Trinajstić information content (AvgIpc) is 3.52. The minimum atomic E-state index is -0.254. The first-order valence-corrected chi connectivity index (χ1v) is 12.4. The van der Waals surface area contributed by atoms with Gasteiger partial charge in [0, 0.05) is 23.4 Å². The van der Waals surface area contributed by atoms with Gasteiger partial charge in [-0.3, -0.25) is 4.79 Å². The average molecular weight is 501 g/mol. The number of carbonyl (C=O) groups is 1. The van der Waals surface area contributed by atoms with Gasteiger partial charge in [0.2, 0.25) is 5.89 Å². The van der Waals surface area contributed by atoms with E-state index < -0.39 is 0 Å². The zero-order valence-corrected chi connectivity index (χ0v) is 20.7. The number of aromatic nitrogens is 1. The molecule has 6 heteroatoms. The molecule has 0 fully saturated rings. The summed E-state index contributed by atoms with van der Waals surface area (Å²) in [5.41, 5.74) is 6.19. The summed E-state index contributed by atoms with van der Waals surface area (Å²) in [5, 5.41) is 4.06. The molecule has 0 bridgehead atoms. The summed E-state index contributed by atoms with van der Waals surface area (Å²) in [6.45, 7) is 2.02. The number of hydrogen-bond acceptors (Lipinski definition) is 5. The fraction of sp³-hybridized carbons (Fsp3) is 0.0625. The number of nitrogens with zero attached hydrogens (tertiary/aromatic N) is 1. The number of carbonyl (C=O) groups excluding carboxylic acids is 1. The van der Waals surface area contributed by atoms with Gasteiger partial charge in [-0.15, -0.1) is 0 Å². The third kappa shape index (κ3) is 4.92. The van der Waals surface area contributed by atoms with Crippen molar-refractivity contribution in [2.45, 2.75) is 13.3 Å². The second-order valence-electron chi connectivity index (χ2n) is 8.87. The fourth-order valence-corrected chi connectivity index (χ4v) is 4.25. The van der Waals surface area contributed by atoms with Crippen LogP contribution in [0.25, 0.3) is 28.3 Å². The second kappa shape index (κ2) is 10.1. The topological polar surface area (TPSA) is 76.4 Å². The lowest BCUT2D eigenvalue weighted by molar-refractivity contribution is 0.102. The quantitative estimate of drug-likeness (QED) is 0.248. The third-order valence-corrected chi connectivity index (χ3v) is 6.24. The molecule has 0 atom stereocenters. The lowest BCUT2D eigenvalue weighted by Crippen LogP contribution is -2.11. The van der Waals surface area contributed by atoms with Gasteiger partial charge in [-0.05, 0) is 65.6 Å². The summed E-state index contributed by atoms with van der Waals surface area (Å²) in [6.07, 6.45) is 4.32. The predicted molar refractivity (Wildman–Crippen MR) is 151 cm³/mol. The molecule has 1 aromatic heterocycles. The molecular formula is C32H25N3O3. The maximum absolute atomic E-state index is 12.7. The number of benzene rings is 4. The second-order valence-corrected chi connectivity index (χ2v) is 8.87. The summed E-state index contributed by atoms with van der Waals surface area (Å²) < 4.78 is 20.5. The Kier molecular flexibility index (Phi) is 5.88. The number of anilines is 2. The monoisotopic (exact) mass is 500 g/mol. The predicted octanol–water partition coefficient (Wildman–Crippen LogP) is 7.89. The van der Waals surface area contributed by atoms with Gasteiger partial charge in [-0.2, -0.15) is 0 Å². The maximum Gasteiger partial charge on any atom is 0.255 e. The number of fused-ring (bicyclic) bond motifs is 2. The summed E-state index contributed by atoms with van der Waals surface area (Å²) in [5.74, 6) is 1.07. The standard InChI is InChI=1S/C32H25N3O3/c1-2-21(17-30-34-26-19-23(13-15-28(26)37-30)22-9-5-3-6-10-22)18-31-35-27-20-24(14-16-29(27)38-31)32(36)33-25-11-7-4-8-12-25/h3-20,35H,2H2,1H3,(H,33,36)/b21-17+,31-18+/i/hD. The Morgan fingerprint density at radius 3 is 2.55 bits per heavy atom. The van der Waals surface area contributed by atoms with E-state index in [0.29, 0.717) is 46.5 Å². The zero-order valence-electron chi connectivity index (χ0n) is 21.7. The number of para-hydroxylation sites is 1. The van der Waals surface area contributed by atoms with Crippen LogP contribution in [0.5, 0.6) is 5.75 Å². The van der Waals surface area contributed by atoms with Crippen LogP contribution >= 0.6 is 0 Å². The number of allylic oxidation sites excluding steroid dienone is 2. The highest BCUT2D eigenvalue weighted by atomic mass is 16.5. The van der Waals surface area contributed by atoms with Crippen LogP contribution in [0.15, 0.2) is 119 Å². The number of hydrogen-bond donors (Lipinski definition) is 2. The molecule has 5 aromatic rings. The van der Waals surface area contributed by atoms with Crippen LogP contribution in [-0.2, 0) is 0 Å². The van der Waals surface area contributed by atoms with Crippen molar-refractivity contribution >= 4 is 34.5 Å². The Morgan fingerprint density at radius 2 is 1.76 bits per heavy atom. The van der Waals surface area contributed by atoms with Crippen LogP contribution in [0.4, 0.5) is 11.4 Å². The first-order chi connectivity index (χ1) is 19.1. The Hall–Kier alpha value is -5.10. The van der Waals surface area contributed by atoms with Crippen LogP contribution in [-0.4, -0.2) is 10.9 Å². The smallest absolute Gasteiger partial charge is 0.255 e. The van der Waals surface area contributed by atoms with Crippen molar-refractivity contribution in [3.8, 4) is 16.9 Å². The Balaban J connectivity index is 1.23. The van der Waals surface area contributed by atoms with Crippen molar-refractivity contribution in [3.63, 3.8) is 0 Å². The molecule has 0 radical (unpaired) electrons. The molecule has 0 unspecified atom stereocenters. The SMILES string of the molecule is [2H]N1/C(=C\C(=C\c2nc3cc(-c4ccccc4)ccc3o2)CC)Oc2ccc(C(=O)Nc3ccccc3)cc21. The van der Waals surface area contributed by atoms with Gasteiger partial charge in [0.1, 0.15) is 5.52 Å². The third-order valence-electron chi connectivity index (χ3n) is 6.24. The normalized spacial score (nSPS) is 14.3. The molecule has 186 valence electrons. The van der Waals surface area contributed by atoms with Gasteiger partial charge >= 0.3 is 0 Å². The molecule has 2 N–H and O–H groups in total. The summed E-state index contributed by atoms with van der Waals surface area (Å²) in [7, 11) is 0. The molecule has 0 saturated carbocycles. The van der Waals surface area contributed by atoms with Gasteiger partial charge in [0.25, 0.3) is 5.91 Å². The Bertz CT molecular complexity index is 1730. The van der Waals surface area contributed by atoms with E-state index in [1.807, 2.05) is 79.7 Å². The molecule has 4 aromatic carbocycles. The number of amides is 1. The van der Waals surface area contributed by atoms with Gasteiger partial charge < -0.3 is 19.8 Å². The molecule has 1 aliphatic heterocycles. The lowest BCUT2D eigenvalue weighted by atomic mass is 10.1. The molecule has 38 heavy (non-hydrogen) atoms. The molecule has 0 saturated heterocycles. The Morgan fingerprint density at radius 1 is 0.974 bits per heavy atom. The zero-order chi connectivity index (χ0) is 26.8. The first kappa shape index (κ1) is 22.1. The number of oxazole rings is 1. The molecule has 1 aliphatic rings. The molecule has 6 nitrogen and oxygen atoms in total. The highest BCUT2D eigenvalue weighted by Crippen LogP contribution is 2.35. The van der Waals surface area contributed by atoms with E-state index in [-0.39, 0.29) is 5.91 Å². The maximum atomic E-state index is 12.7. The van der Waals surface area contributed by atoms with Gasteiger partial charge in [-0.1, -0.05) is 61.5 Å². The van der Waals surface area contributed by atoms with E-state index in [1.165, 1.54) is 5.31 Å². The summed E-state index contributed by atoms with van der Waals surface area (Å²) >= 11 is 0. The largest absolute Gasteiger partial charge is 0.439 e. The summed E-state index contributed by atoms with van der Waals surface area (Å²) in [4.78, 5) is 17.4. The Labute approximate surface area is 221 Å². The van der Waals surface area contributed by atoms with Crippen molar-refractivity contribution < 1.29 is 15.4 Å². The number of rotatable bonds is 6. The van der Waals surface area contributed by atoms with Crippen molar-refractivity contribution in [1.29, 1.82) is 0 Å². The van der Waals surface area contributed by atoms with E-state index in [2.05, 4.69) is 22.4 Å². The highest BCUT2D eigenvalue weighted by Gasteiger charge is 2.19. The van der Waals surface area contributed by atoms with Crippen LogP contribution in [0.2, 0.25) is 1.41 Å². The minimum Gasteiger partial charge on any atom is -0.439 e. The van der Waals surface area contributed by atoms with E-state index in [4.69, 9.17) is 10.6 Å². The van der Waals surface area contributed by atoms with Gasteiger partial charge in [0.05, 0.1) is 5.69 Å². The molecule has 1 amide bonds. The van der Waals surface area contributed by atoms with E-state index in [1.54, 1.807) is 24.3 Å². The van der Waals surface area contributed by atoms with Crippen molar-refractivity contribution in [3.05, 3.63) is 126 Å². The molecule has 0 spiro atoms. The molecule has 0 aliphatic carbocycles. The van der Waals surface area contributed by atoms with Crippen molar-refractivity contribution in [2.24, 2.45) is 0 Å². The van der Waals surface area contributed by atoms with E-state index in [0.717, 1.165) is 22.2 Å². The van der Waals surface area contributed by atoms with Gasteiger partial charge in [0.15, 0.2) is 18.6 Å². The summed E-state index contributed by atoms with van der Waals surface area (Å²) in [6, 6.07) is 30.4. The fourth-order valence-electron chi connectivity index (χ4n) is 4.25. The van der Waals surface area contributed by atoms with E-state index in [9.17, 15) is 4.79 Å². The van der Waals surface area contributed by atoms with Crippen LogP contribution in [0, 0.1) is 0 Å². The molecule has 2 heterocycles. The number of ether oxygens (including phenoxy) is 1. The van der Waals surface area contributed by atoms with Crippen LogP contribution in [0.1, 0.15) is 29.6 Å². The van der Waals surface area contributed by atoms with Crippen LogP contribution < -0.4 is 15.4 Å². The van der Waals surface area contributed by atoms with Gasteiger partial charge in [-0.25, -0.2) is 4.98 Å². The van der Waals surface area contributed by atoms with Crippen molar-refractivity contribution in [2.75, 3.05) is 10.6 Å². The minimum absolute atomic E-state index is 0.254. The van der Waals surface area contributed by atoms with E-state index >= 15 is 0 Å². The van der Waals surface area contributed by atoms with Crippen molar-refractivity contribution in [1.82, 2.24) is 4.98 Å². The van der Waals surface area contributed by atoms with Crippen LogP contribution in [0.3, 0.4) is 0 Å². The number of nitrogens with one attached hydrogen (secondary N) is 2. The molecular weight excluding hydrogens is 474 g/mol.